The van der Waals surface area contributed by atoms with E-state index in [0.717, 1.165) is 0 Å². The average Bonchev–Trinajstić information content (AvgIpc) is 2.18. The van der Waals surface area contributed by atoms with Crippen LogP contribution in [0.1, 0.15) is 5.56 Å². The van der Waals surface area contributed by atoms with Crippen LogP contribution in [-0.2, 0) is 0 Å². The largest absolute Gasteiger partial charge is 0.496 e. The van der Waals surface area contributed by atoms with Crippen molar-refractivity contribution < 1.29 is 4.74 Å². The number of hydrogen-bond donors (Lipinski definition) is 0. The lowest BCUT2D eigenvalue weighted by Crippen LogP contribution is -1.88. The summed E-state index contributed by atoms with van der Waals surface area (Å²) in [6.45, 7) is 0. The minimum atomic E-state index is 0.312. The van der Waals surface area contributed by atoms with Crippen molar-refractivity contribution in [2.45, 2.75) is 0 Å². The van der Waals surface area contributed by atoms with Crippen molar-refractivity contribution in [3.05, 3.63) is 34.9 Å². The predicted octanol–water partition coefficient (Wildman–Crippen LogP) is 3.45. The molecule has 0 bridgehead atoms. The first-order valence-electron chi connectivity index (χ1n) is 3.78. The first-order valence-corrected chi connectivity index (χ1v) is 4.54. The molecular weight excluding hydrogens is 221 g/mol. The SMILES string of the molecule is COc1ccc(Cl)cc1/C(Cl)=C/C#N. The molecular formula is C10H7Cl2NO. The van der Waals surface area contributed by atoms with Crippen LogP contribution < -0.4 is 4.74 Å². The van der Waals surface area contributed by atoms with E-state index in [1.54, 1.807) is 18.2 Å². The smallest absolute Gasteiger partial charge is 0.127 e. The van der Waals surface area contributed by atoms with Gasteiger partial charge in [-0.15, -0.1) is 0 Å². The Morgan fingerprint density at radius 3 is 2.86 bits per heavy atom. The van der Waals surface area contributed by atoms with Gasteiger partial charge in [0.25, 0.3) is 0 Å². The van der Waals surface area contributed by atoms with Gasteiger partial charge in [0, 0.05) is 16.7 Å². The lowest BCUT2D eigenvalue weighted by molar-refractivity contribution is 0.414. The number of ether oxygens (including phenoxy) is 1. The lowest BCUT2D eigenvalue weighted by atomic mass is 10.2. The molecule has 0 amide bonds. The van der Waals surface area contributed by atoms with Crippen LogP contribution in [0.15, 0.2) is 24.3 Å². The summed E-state index contributed by atoms with van der Waals surface area (Å²) in [6.07, 6.45) is 1.23. The van der Waals surface area contributed by atoms with Crippen molar-refractivity contribution in [1.29, 1.82) is 5.26 Å². The zero-order valence-corrected chi connectivity index (χ0v) is 8.93. The Kier molecular flexibility index (Phi) is 3.82. The van der Waals surface area contributed by atoms with Gasteiger partial charge in [0.15, 0.2) is 0 Å². The van der Waals surface area contributed by atoms with Crippen LogP contribution in [0.4, 0.5) is 0 Å². The number of rotatable bonds is 2. The fourth-order valence-electron chi connectivity index (χ4n) is 1.00. The number of methoxy groups -OCH3 is 1. The molecule has 2 nitrogen and oxygen atoms in total. The highest BCUT2D eigenvalue weighted by atomic mass is 35.5. The Bertz CT molecular complexity index is 407. The third-order valence-corrected chi connectivity index (χ3v) is 2.16. The molecule has 72 valence electrons. The van der Waals surface area contributed by atoms with E-state index in [-0.39, 0.29) is 0 Å². The van der Waals surface area contributed by atoms with Crippen LogP contribution >= 0.6 is 23.2 Å². The number of hydrogen-bond acceptors (Lipinski definition) is 2. The molecule has 0 aromatic heterocycles. The van der Waals surface area contributed by atoms with Crippen molar-refractivity contribution in [3.63, 3.8) is 0 Å². The molecule has 0 fully saturated rings. The average molecular weight is 228 g/mol. The standard InChI is InChI=1S/C10H7Cl2NO/c1-14-10-3-2-7(11)6-8(10)9(12)4-5-13/h2-4,6H,1H3/b9-4-. The van der Waals surface area contributed by atoms with Gasteiger partial charge in [0.2, 0.25) is 0 Å². The number of benzene rings is 1. The van der Waals surface area contributed by atoms with Crippen molar-refractivity contribution in [1.82, 2.24) is 0 Å². The van der Waals surface area contributed by atoms with Crippen molar-refractivity contribution >= 4 is 28.2 Å². The van der Waals surface area contributed by atoms with Gasteiger partial charge in [-0.3, -0.25) is 0 Å². The Balaban J connectivity index is 3.25. The second-order valence-electron chi connectivity index (χ2n) is 2.47. The normalized spacial score (nSPS) is 10.9. The lowest BCUT2D eigenvalue weighted by Gasteiger charge is -2.06. The van der Waals surface area contributed by atoms with Crippen LogP contribution in [0.3, 0.4) is 0 Å². The van der Waals surface area contributed by atoms with Crippen molar-refractivity contribution in [2.75, 3.05) is 7.11 Å². The fourth-order valence-corrected chi connectivity index (χ4v) is 1.37. The number of nitrogens with zero attached hydrogens (tertiary/aromatic N) is 1. The van der Waals surface area contributed by atoms with Crippen LogP contribution in [0.2, 0.25) is 5.02 Å². The summed E-state index contributed by atoms with van der Waals surface area (Å²) in [4.78, 5) is 0. The van der Waals surface area contributed by atoms with Gasteiger partial charge >= 0.3 is 0 Å². The minimum Gasteiger partial charge on any atom is -0.496 e. The van der Waals surface area contributed by atoms with Crippen LogP contribution in [0.5, 0.6) is 5.75 Å². The van der Waals surface area contributed by atoms with Crippen molar-refractivity contribution in [3.8, 4) is 11.8 Å². The Morgan fingerprint density at radius 1 is 1.57 bits per heavy atom. The fraction of sp³-hybridized carbons (Fsp3) is 0.100. The molecule has 0 unspecified atom stereocenters. The molecule has 0 radical (unpaired) electrons. The number of halogens is 2. The molecule has 1 aromatic carbocycles. The number of nitriles is 1. The van der Waals surface area contributed by atoms with E-state index in [1.807, 2.05) is 6.07 Å². The van der Waals surface area contributed by atoms with E-state index in [1.165, 1.54) is 13.2 Å². The van der Waals surface area contributed by atoms with Gasteiger partial charge in [-0.25, -0.2) is 0 Å². The molecule has 0 aliphatic carbocycles. The second kappa shape index (κ2) is 4.90. The summed E-state index contributed by atoms with van der Waals surface area (Å²) in [5.41, 5.74) is 0.614. The first kappa shape index (κ1) is 10.9. The van der Waals surface area contributed by atoms with Gasteiger partial charge in [-0.2, -0.15) is 5.26 Å². The third kappa shape index (κ3) is 2.41. The summed E-state index contributed by atoms with van der Waals surface area (Å²) in [5.74, 6) is 0.589. The maximum atomic E-state index is 8.45. The summed E-state index contributed by atoms with van der Waals surface area (Å²) in [5, 5.41) is 9.30. The highest BCUT2D eigenvalue weighted by Gasteiger charge is 2.06. The molecule has 0 aliphatic heterocycles. The Labute approximate surface area is 92.3 Å². The first-order chi connectivity index (χ1) is 6.69. The molecule has 1 aromatic rings. The summed E-state index contributed by atoms with van der Waals surface area (Å²) >= 11 is 11.7. The Morgan fingerprint density at radius 2 is 2.29 bits per heavy atom. The zero-order chi connectivity index (χ0) is 10.6. The summed E-state index contributed by atoms with van der Waals surface area (Å²) in [6, 6.07) is 6.89. The van der Waals surface area contributed by atoms with Gasteiger partial charge < -0.3 is 4.74 Å². The molecule has 0 saturated carbocycles. The summed E-state index contributed by atoms with van der Waals surface area (Å²) < 4.78 is 5.07. The van der Waals surface area contributed by atoms with Gasteiger partial charge in [0.1, 0.15) is 5.75 Å². The van der Waals surface area contributed by atoms with E-state index >= 15 is 0 Å². The van der Waals surface area contributed by atoms with E-state index < -0.39 is 0 Å². The maximum absolute atomic E-state index is 8.45. The molecule has 0 atom stereocenters. The molecule has 0 saturated heterocycles. The predicted molar refractivity (Wildman–Crippen MR) is 57.4 cm³/mol. The van der Waals surface area contributed by atoms with Crippen molar-refractivity contribution in [2.24, 2.45) is 0 Å². The highest BCUT2D eigenvalue weighted by molar-refractivity contribution is 6.49. The van der Waals surface area contributed by atoms with Crippen LogP contribution in [0.25, 0.3) is 5.03 Å². The summed E-state index contributed by atoms with van der Waals surface area (Å²) in [7, 11) is 1.53. The molecule has 1 rings (SSSR count). The monoisotopic (exact) mass is 227 g/mol. The van der Waals surface area contributed by atoms with Crippen LogP contribution in [0, 0.1) is 11.3 Å². The maximum Gasteiger partial charge on any atom is 0.127 e. The minimum absolute atomic E-state index is 0.312. The highest BCUT2D eigenvalue weighted by Crippen LogP contribution is 2.30. The Hall–Kier alpha value is -1.17. The van der Waals surface area contributed by atoms with Gasteiger partial charge in [-0.05, 0) is 18.2 Å². The topological polar surface area (TPSA) is 33.0 Å². The van der Waals surface area contributed by atoms with Gasteiger partial charge in [-0.1, -0.05) is 23.2 Å². The van der Waals surface area contributed by atoms with Gasteiger partial charge in [0.05, 0.1) is 18.2 Å². The number of allylic oxidation sites excluding steroid dienone is 1. The van der Waals surface area contributed by atoms with E-state index in [2.05, 4.69) is 0 Å². The quantitative estimate of drug-likeness (QED) is 0.726. The van der Waals surface area contributed by atoms with Crippen LogP contribution in [-0.4, -0.2) is 7.11 Å². The van der Waals surface area contributed by atoms with E-state index in [9.17, 15) is 0 Å². The molecule has 0 aliphatic rings. The molecule has 0 spiro atoms. The third-order valence-electron chi connectivity index (χ3n) is 1.61. The molecule has 14 heavy (non-hydrogen) atoms. The van der Waals surface area contributed by atoms with E-state index in [0.29, 0.717) is 21.4 Å². The van der Waals surface area contributed by atoms with E-state index in [4.69, 9.17) is 33.2 Å². The second-order valence-corrected chi connectivity index (χ2v) is 3.31. The molecule has 4 heteroatoms. The molecule has 0 N–H and O–H groups in total. The molecule has 0 heterocycles. The zero-order valence-electron chi connectivity index (χ0n) is 7.42.